The van der Waals surface area contributed by atoms with Gasteiger partial charge in [0.15, 0.2) is 5.13 Å². The van der Waals surface area contributed by atoms with Crippen molar-refractivity contribution in [1.82, 2.24) is 10.3 Å². The fourth-order valence-corrected chi connectivity index (χ4v) is 6.09. The molecule has 5 rings (SSSR count). The van der Waals surface area contributed by atoms with Crippen molar-refractivity contribution in [3.63, 3.8) is 0 Å². The van der Waals surface area contributed by atoms with E-state index >= 15 is 0 Å². The van der Waals surface area contributed by atoms with Crippen LogP contribution in [-0.4, -0.2) is 28.5 Å². The number of carbonyl (C=O) groups excluding carboxylic acids is 3. The van der Waals surface area contributed by atoms with Gasteiger partial charge < -0.3 is 16.0 Å². The van der Waals surface area contributed by atoms with Gasteiger partial charge in [0.05, 0.1) is 11.4 Å². The summed E-state index contributed by atoms with van der Waals surface area (Å²) in [6.45, 7) is 0. The molecule has 42 heavy (non-hydrogen) atoms. The number of benzene rings is 3. The van der Waals surface area contributed by atoms with Gasteiger partial charge in [-0.05, 0) is 70.9 Å². The number of nitrogens with one attached hydrogen (secondary N) is 3. The van der Waals surface area contributed by atoms with E-state index in [0.717, 1.165) is 26.2 Å². The Hall–Kier alpha value is -4.03. The van der Waals surface area contributed by atoms with Crippen molar-refractivity contribution in [2.24, 2.45) is 0 Å². The maximum Gasteiger partial charge on any atom is 0.272 e. The fraction of sp³-hybridized carbons (Fsp3) is 0.0323. The monoisotopic (exact) mass is 674 g/mol. The molecule has 5 aromatic rings. The average Bonchev–Trinajstić information content (AvgIpc) is 3.69. The second-order valence-corrected chi connectivity index (χ2v) is 12.4. The summed E-state index contributed by atoms with van der Waals surface area (Å²) in [5.41, 5.74) is 3.67. The molecule has 0 aliphatic rings. The first-order valence-corrected chi connectivity index (χ1v) is 16.2. The van der Waals surface area contributed by atoms with E-state index < -0.39 is 5.91 Å². The van der Waals surface area contributed by atoms with Crippen LogP contribution >= 0.6 is 50.4 Å². The second kappa shape index (κ2) is 14.2. The lowest BCUT2D eigenvalue weighted by molar-refractivity contribution is -0.114. The third-order valence-electron chi connectivity index (χ3n) is 5.74. The lowest BCUT2D eigenvalue weighted by atomic mass is 10.2. The number of hydrogen-bond acceptors (Lipinski definition) is 7. The van der Waals surface area contributed by atoms with Crippen LogP contribution in [0.25, 0.3) is 17.3 Å². The number of halogens is 1. The predicted octanol–water partition coefficient (Wildman–Crippen LogP) is 7.77. The Kier molecular flexibility index (Phi) is 9.98. The molecule has 0 spiro atoms. The van der Waals surface area contributed by atoms with Gasteiger partial charge in [-0.15, -0.1) is 23.1 Å². The molecule has 3 amide bonds. The van der Waals surface area contributed by atoms with Crippen LogP contribution in [0.3, 0.4) is 0 Å². The molecule has 3 aromatic carbocycles. The Morgan fingerprint density at radius 2 is 1.71 bits per heavy atom. The molecular formula is C31H23BrN4O3S3. The highest BCUT2D eigenvalue weighted by atomic mass is 79.9. The summed E-state index contributed by atoms with van der Waals surface area (Å²) in [5.74, 6) is -0.862. The van der Waals surface area contributed by atoms with Crippen molar-refractivity contribution in [2.75, 3.05) is 16.4 Å². The summed E-state index contributed by atoms with van der Waals surface area (Å²) in [4.78, 5) is 43.9. The van der Waals surface area contributed by atoms with Gasteiger partial charge in [-0.3, -0.25) is 14.4 Å². The van der Waals surface area contributed by atoms with Gasteiger partial charge in [0.1, 0.15) is 5.70 Å². The van der Waals surface area contributed by atoms with Gasteiger partial charge in [0, 0.05) is 31.6 Å². The lowest BCUT2D eigenvalue weighted by Crippen LogP contribution is -2.30. The molecule has 0 saturated heterocycles. The van der Waals surface area contributed by atoms with Crippen molar-refractivity contribution in [2.45, 2.75) is 4.90 Å². The molecule has 0 radical (unpaired) electrons. The Morgan fingerprint density at radius 1 is 0.905 bits per heavy atom. The molecule has 7 nitrogen and oxygen atoms in total. The highest BCUT2D eigenvalue weighted by Crippen LogP contribution is 2.27. The van der Waals surface area contributed by atoms with E-state index in [2.05, 4.69) is 36.9 Å². The van der Waals surface area contributed by atoms with Crippen molar-refractivity contribution in [3.8, 4) is 11.3 Å². The van der Waals surface area contributed by atoms with Gasteiger partial charge in [-0.1, -0.05) is 52.3 Å². The van der Waals surface area contributed by atoms with Gasteiger partial charge in [0.25, 0.3) is 11.8 Å². The van der Waals surface area contributed by atoms with Crippen molar-refractivity contribution in [3.05, 3.63) is 122 Å². The second-order valence-electron chi connectivity index (χ2n) is 8.80. The number of thiazole rings is 1. The highest BCUT2D eigenvalue weighted by molar-refractivity contribution is 9.10. The normalized spacial score (nSPS) is 11.1. The van der Waals surface area contributed by atoms with Gasteiger partial charge in [0.2, 0.25) is 5.91 Å². The minimum atomic E-state index is -0.462. The predicted molar refractivity (Wildman–Crippen MR) is 176 cm³/mol. The molecule has 2 aromatic heterocycles. The molecule has 210 valence electrons. The Balaban J connectivity index is 1.19. The van der Waals surface area contributed by atoms with Crippen molar-refractivity contribution in [1.29, 1.82) is 0 Å². The standard InChI is InChI=1S/C31H23BrN4O3S3/c32-23-11-9-21(10-12-23)27-18-42-31(35-27)36-28(37)19-41-25-8-4-7-24(16-25)33-30(39)26(15-20-13-14-40-17-20)34-29(38)22-5-2-1-3-6-22/h1-18H,19H2,(H,33,39)(H,34,38)(H,35,36,37)/b26-15-. The van der Waals surface area contributed by atoms with Gasteiger partial charge >= 0.3 is 0 Å². The number of carbonyl (C=O) groups is 3. The zero-order chi connectivity index (χ0) is 29.3. The van der Waals surface area contributed by atoms with E-state index in [4.69, 9.17) is 0 Å². The molecule has 11 heteroatoms. The van der Waals surface area contributed by atoms with Crippen LogP contribution in [0.4, 0.5) is 10.8 Å². The maximum atomic E-state index is 13.2. The number of rotatable bonds is 10. The number of thioether (sulfide) groups is 1. The summed E-state index contributed by atoms with van der Waals surface area (Å²) >= 11 is 7.63. The first-order valence-electron chi connectivity index (χ1n) is 12.6. The number of amides is 3. The maximum absolute atomic E-state index is 13.2. The van der Waals surface area contributed by atoms with Crippen LogP contribution in [0.5, 0.6) is 0 Å². The number of anilines is 2. The van der Waals surface area contributed by atoms with Crippen LogP contribution in [0.2, 0.25) is 0 Å². The van der Waals surface area contributed by atoms with Crippen LogP contribution in [-0.2, 0) is 9.59 Å². The van der Waals surface area contributed by atoms with E-state index in [0.29, 0.717) is 16.4 Å². The van der Waals surface area contributed by atoms with E-state index in [1.807, 2.05) is 58.6 Å². The SMILES string of the molecule is O=C(CSc1cccc(NC(=O)/C(=C/c2ccsc2)NC(=O)c2ccccc2)c1)Nc1nc(-c2ccc(Br)cc2)cs1. The summed E-state index contributed by atoms with van der Waals surface area (Å²) in [6.07, 6.45) is 1.64. The van der Waals surface area contributed by atoms with Crippen LogP contribution in [0.15, 0.2) is 116 Å². The number of aromatic nitrogens is 1. The topological polar surface area (TPSA) is 100 Å². The fourth-order valence-electron chi connectivity index (χ4n) is 3.72. The Bertz CT molecular complexity index is 1720. The quantitative estimate of drug-likeness (QED) is 0.104. The molecule has 0 atom stereocenters. The summed E-state index contributed by atoms with van der Waals surface area (Å²) in [5, 5.41) is 14.7. The summed E-state index contributed by atoms with van der Waals surface area (Å²) in [6, 6.07) is 25.6. The largest absolute Gasteiger partial charge is 0.321 e. The zero-order valence-electron chi connectivity index (χ0n) is 21.9. The lowest BCUT2D eigenvalue weighted by Gasteiger charge is -2.12. The summed E-state index contributed by atoms with van der Waals surface area (Å²) < 4.78 is 0.987. The minimum Gasteiger partial charge on any atom is -0.321 e. The van der Waals surface area contributed by atoms with Crippen molar-refractivity contribution >= 4 is 85.0 Å². The molecule has 0 fully saturated rings. The van der Waals surface area contributed by atoms with E-state index in [1.54, 1.807) is 48.5 Å². The van der Waals surface area contributed by atoms with E-state index in [1.165, 1.54) is 34.4 Å². The molecule has 0 unspecified atom stereocenters. The molecule has 0 saturated carbocycles. The summed E-state index contributed by atoms with van der Waals surface area (Å²) in [7, 11) is 0. The smallest absolute Gasteiger partial charge is 0.272 e. The van der Waals surface area contributed by atoms with Crippen LogP contribution in [0.1, 0.15) is 15.9 Å². The molecule has 3 N–H and O–H groups in total. The van der Waals surface area contributed by atoms with Gasteiger partial charge in [-0.2, -0.15) is 11.3 Å². The van der Waals surface area contributed by atoms with Crippen LogP contribution < -0.4 is 16.0 Å². The minimum absolute atomic E-state index is 0.116. The third kappa shape index (κ3) is 8.26. The third-order valence-corrected chi connectivity index (χ3v) is 8.72. The Labute approximate surface area is 263 Å². The molecule has 0 aliphatic heterocycles. The van der Waals surface area contributed by atoms with Crippen LogP contribution in [0, 0.1) is 0 Å². The van der Waals surface area contributed by atoms with E-state index in [9.17, 15) is 14.4 Å². The number of thiophene rings is 1. The molecule has 2 heterocycles. The van der Waals surface area contributed by atoms with Gasteiger partial charge in [-0.25, -0.2) is 4.98 Å². The first-order chi connectivity index (χ1) is 20.4. The van der Waals surface area contributed by atoms with Crippen molar-refractivity contribution < 1.29 is 14.4 Å². The average molecular weight is 676 g/mol. The van der Waals surface area contributed by atoms with E-state index in [-0.39, 0.29) is 23.3 Å². The number of nitrogens with zero attached hydrogens (tertiary/aromatic N) is 1. The first kappa shape index (κ1) is 29.5. The molecular weight excluding hydrogens is 652 g/mol. The molecule has 0 bridgehead atoms. The zero-order valence-corrected chi connectivity index (χ0v) is 25.9. The Morgan fingerprint density at radius 3 is 2.48 bits per heavy atom. The number of hydrogen-bond donors (Lipinski definition) is 3. The molecule has 0 aliphatic carbocycles. The highest BCUT2D eigenvalue weighted by Gasteiger charge is 2.16.